The van der Waals surface area contributed by atoms with Crippen LogP contribution in [0.5, 0.6) is 0 Å². The van der Waals surface area contributed by atoms with Crippen molar-refractivity contribution in [2.45, 2.75) is 39.7 Å². The SMILES string of the molecule is Cc1ccc(C(=O)NC2CCN(CC(=O)Nc3nc(-c4ccc(C)c(C)c4)cs3)CC2)s1. The summed E-state index contributed by atoms with van der Waals surface area (Å²) in [7, 11) is 0. The summed E-state index contributed by atoms with van der Waals surface area (Å²) in [5.41, 5.74) is 4.42. The number of amides is 2. The molecule has 0 saturated carbocycles. The highest BCUT2D eigenvalue weighted by atomic mass is 32.1. The molecule has 6 nitrogen and oxygen atoms in total. The van der Waals surface area contributed by atoms with Gasteiger partial charge in [-0.25, -0.2) is 4.98 Å². The minimum absolute atomic E-state index is 0.00244. The summed E-state index contributed by atoms with van der Waals surface area (Å²) < 4.78 is 0. The van der Waals surface area contributed by atoms with Crippen LogP contribution in [0.1, 0.15) is 38.5 Å². The van der Waals surface area contributed by atoms with Crippen LogP contribution in [-0.4, -0.2) is 47.4 Å². The number of thiophene rings is 1. The van der Waals surface area contributed by atoms with Crippen molar-refractivity contribution in [3.05, 3.63) is 56.6 Å². The summed E-state index contributed by atoms with van der Waals surface area (Å²) >= 11 is 2.96. The Morgan fingerprint density at radius 3 is 2.56 bits per heavy atom. The Kier molecular flexibility index (Phi) is 7.03. The fourth-order valence-electron chi connectivity index (χ4n) is 3.77. The second-order valence-corrected chi connectivity index (χ2v) is 10.5. The zero-order chi connectivity index (χ0) is 22.7. The van der Waals surface area contributed by atoms with E-state index in [1.807, 2.05) is 24.4 Å². The molecular weight excluding hydrogens is 440 g/mol. The zero-order valence-electron chi connectivity index (χ0n) is 18.6. The third-order valence-electron chi connectivity index (χ3n) is 5.81. The van der Waals surface area contributed by atoms with Crippen molar-refractivity contribution in [3.8, 4) is 11.3 Å². The molecule has 2 N–H and O–H groups in total. The van der Waals surface area contributed by atoms with Crippen molar-refractivity contribution >= 4 is 39.6 Å². The van der Waals surface area contributed by atoms with Gasteiger partial charge in [0.25, 0.3) is 5.91 Å². The van der Waals surface area contributed by atoms with Gasteiger partial charge in [0.1, 0.15) is 0 Å². The fraction of sp³-hybridized carbons (Fsp3) is 0.375. The van der Waals surface area contributed by atoms with Crippen LogP contribution < -0.4 is 10.6 Å². The fourth-order valence-corrected chi connectivity index (χ4v) is 5.28. The maximum Gasteiger partial charge on any atom is 0.261 e. The van der Waals surface area contributed by atoms with E-state index >= 15 is 0 Å². The highest BCUT2D eigenvalue weighted by Gasteiger charge is 2.23. The lowest BCUT2D eigenvalue weighted by Gasteiger charge is -2.31. The van der Waals surface area contributed by atoms with Crippen molar-refractivity contribution in [2.24, 2.45) is 0 Å². The second-order valence-electron chi connectivity index (χ2n) is 8.32. The average molecular weight is 469 g/mol. The maximum absolute atomic E-state index is 12.5. The highest BCUT2D eigenvalue weighted by Crippen LogP contribution is 2.26. The van der Waals surface area contributed by atoms with E-state index in [1.165, 1.54) is 33.8 Å². The molecule has 1 aromatic carbocycles. The van der Waals surface area contributed by atoms with Crippen LogP contribution in [0.4, 0.5) is 5.13 Å². The first-order valence-electron chi connectivity index (χ1n) is 10.8. The normalized spacial score (nSPS) is 15.0. The third-order valence-corrected chi connectivity index (χ3v) is 7.56. The van der Waals surface area contributed by atoms with Gasteiger partial charge in [0.15, 0.2) is 5.13 Å². The van der Waals surface area contributed by atoms with Gasteiger partial charge in [-0.05, 0) is 62.9 Å². The monoisotopic (exact) mass is 468 g/mol. The molecule has 0 bridgehead atoms. The topological polar surface area (TPSA) is 74.3 Å². The van der Waals surface area contributed by atoms with E-state index in [2.05, 4.69) is 52.6 Å². The summed E-state index contributed by atoms with van der Waals surface area (Å²) in [6, 6.07) is 10.3. The maximum atomic E-state index is 12.5. The number of piperidine rings is 1. The number of nitrogens with one attached hydrogen (secondary N) is 2. The van der Waals surface area contributed by atoms with Crippen LogP contribution >= 0.6 is 22.7 Å². The molecule has 0 atom stereocenters. The third kappa shape index (κ3) is 5.62. The van der Waals surface area contributed by atoms with Crippen molar-refractivity contribution in [3.63, 3.8) is 0 Å². The lowest BCUT2D eigenvalue weighted by molar-refractivity contribution is -0.117. The zero-order valence-corrected chi connectivity index (χ0v) is 20.2. The molecule has 32 heavy (non-hydrogen) atoms. The second kappa shape index (κ2) is 9.94. The number of nitrogens with zero attached hydrogens (tertiary/aromatic N) is 2. The van der Waals surface area contributed by atoms with Crippen LogP contribution in [0.25, 0.3) is 11.3 Å². The average Bonchev–Trinajstić information content (AvgIpc) is 3.40. The molecule has 1 fully saturated rings. The number of carbonyl (C=O) groups is 2. The molecule has 168 valence electrons. The Morgan fingerprint density at radius 2 is 1.88 bits per heavy atom. The van der Waals surface area contributed by atoms with Gasteiger partial charge in [0, 0.05) is 35.0 Å². The quantitative estimate of drug-likeness (QED) is 0.553. The number of carbonyl (C=O) groups excluding carboxylic acids is 2. The number of thiazole rings is 1. The van der Waals surface area contributed by atoms with E-state index in [0.29, 0.717) is 11.7 Å². The minimum atomic E-state index is -0.0532. The summed E-state index contributed by atoms with van der Waals surface area (Å²) in [6.45, 7) is 8.09. The number of likely N-dealkylation sites (tertiary alicyclic amines) is 1. The molecule has 8 heteroatoms. The summed E-state index contributed by atoms with van der Waals surface area (Å²) in [4.78, 5) is 33.5. The van der Waals surface area contributed by atoms with Crippen molar-refractivity contribution in [1.29, 1.82) is 0 Å². The van der Waals surface area contributed by atoms with Gasteiger partial charge in [0.2, 0.25) is 5.91 Å². The van der Waals surface area contributed by atoms with E-state index in [1.54, 1.807) is 0 Å². The first kappa shape index (κ1) is 22.6. The molecule has 2 amide bonds. The molecule has 1 aliphatic rings. The number of aryl methyl sites for hydroxylation is 3. The van der Waals surface area contributed by atoms with Crippen molar-refractivity contribution in [1.82, 2.24) is 15.2 Å². The van der Waals surface area contributed by atoms with E-state index in [9.17, 15) is 9.59 Å². The Hall–Kier alpha value is -2.55. The van der Waals surface area contributed by atoms with E-state index in [4.69, 9.17) is 0 Å². The Morgan fingerprint density at radius 1 is 1.09 bits per heavy atom. The molecule has 3 heterocycles. The van der Waals surface area contributed by atoms with Crippen molar-refractivity contribution < 1.29 is 9.59 Å². The molecule has 3 aromatic rings. The Labute approximate surface area is 196 Å². The summed E-state index contributed by atoms with van der Waals surface area (Å²) in [6.07, 6.45) is 1.69. The molecule has 4 rings (SSSR count). The highest BCUT2D eigenvalue weighted by molar-refractivity contribution is 7.14. The number of rotatable bonds is 6. The van der Waals surface area contributed by atoms with Crippen LogP contribution in [0.3, 0.4) is 0 Å². The molecule has 0 spiro atoms. The lowest BCUT2D eigenvalue weighted by atomic mass is 10.0. The standard InChI is InChI=1S/C24H28N4O2S2/c1-15-4-6-18(12-16(15)2)20-14-31-24(26-20)27-22(29)13-28-10-8-19(9-11-28)25-23(30)21-7-5-17(3)32-21/h4-7,12,14,19H,8-11,13H2,1-3H3,(H,25,30)(H,26,27,29). The van der Waals surface area contributed by atoms with E-state index in [0.717, 1.165) is 46.9 Å². The molecular formula is C24H28N4O2S2. The lowest BCUT2D eigenvalue weighted by Crippen LogP contribution is -2.46. The molecule has 1 aliphatic heterocycles. The first-order chi connectivity index (χ1) is 15.4. The van der Waals surface area contributed by atoms with Crippen LogP contribution in [-0.2, 0) is 4.79 Å². The van der Waals surface area contributed by atoms with Gasteiger partial charge in [-0.1, -0.05) is 12.1 Å². The molecule has 0 aliphatic carbocycles. The molecule has 2 aromatic heterocycles. The molecule has 1 saturated heterocycles. The number of hydrogen-bond acceptors (Lipinski definition) is 6. The van der Waals surface area contributed by atoms with Crippen LogP contribution in [0.2, 0.25) is 0 Å². The van der Waals surface area contributed by atoms with Gasteiger partial charge >= 0.3 is 0 Å². The summed E-state index contributed by atoms with van der Waals surface area (Å²) in [5, 5.41) is 8.65. The van der Waals surface area contributed by atoms with Crippen molar-refractivity contribution in [2.75, 3.05) is 25.0 Å². The van der Waals surface area contributed by atoms with Crippen LogP contribution in [0.15, 0.2) is 35.7 Å². The Balaban J connectivity index is 1.23. The number of anilines is 1. The smallest absolute Gasteiger partial charge is 0.261 e. The van der Waals surface area contributed by atoms with Gasteiger partial charge in [-0.15, -0.1) is 22.7 Å². The minimum Gasteiger partial charge on any atom is -0.349 e. The van der Waals surface area contributed by atoms with Gasteiger partial charge in [-0.2, -0.15) is 0 Å². The van der Waals surface area contributed by atoms with Gasteiger partial charge in [0.05, 0.1) is 17.1 Å². The molecule has 0 unspecified atom stereocenters. The molecule has 0 radical (unpaired) electrons. The number of hydrogen-bond donors (Lipinski definition) is 2. The van der Waals surface area contributed by atoms with E-state index in [-0.39, 0.29) is 17.9 Å². The van der Waals surface area contributed by atoms with E-state index < -0.39 is 0 Å². The first-order valence-corrected chi connectivity index (χ1v) is 12.5. The van der Waals surface area contributed by atoms with Gasteiger partial charge in [-0.3, -0.25) is 14.5 Å². The summed E-state index contributed by atoms with van der Waals surface area (Å²) in [5.74, 6) is -0.0508. The van der Waals surface area contributed by atoms with Crippen LogP contribution in [0, 0.1) is 20.8 Å². The predicted molar refractivity (Wildman–Crippen MR) is 132 cm³/mol. The predicted octanol–water partition coefficient (Wildman–Crippen LogP) is 4.63. The van der Waals surface area contributed by atoms with Gasteiger partial charge < -0.3 is 10.6 Å². The largest absolute Gasteiger partial charge is 0.349 e. The number of aromatic nitrogens is 1. The number of benzene rings is 1. The Bertz CT molecular complexity index is 1110.